The van der Waals surface area contributed by atoms with Gasteiger partial charge in [-0.3, -0.25) is 14.9 Å². The lowest BCUT2D eigenvalue weighted by Crippen LogP contribution is -2.30. The van der Waals surface area contributed by atoms with E-state index in [1.807, 2.05) is 0 Å². The standard InChI is InChI=1S/C11H10BrN5O2/c12-6-3-5-4(7-10(19)17-11(13)16-7)1-2-14-9(18)8(5)15-6/h1-3H2,(H,14,18)(H3,13,16,17,19). The van der Waals surface area contributed by atoms with Gasteiger partial charge in [0.2, 0.25) is 5.96 Å². The number of halogens is 1. The maximum atomic E-state index is 11.9. The normalized spacial score (nSPS) is 26.6. The second-order valence-corrected chi connectivity index (χ2v) is 5.19. The molecule has 0 aromatic rings. The highest BCUT2D eigenvalue weighted by molar-refractivity contribution is 9.18. The monoisotopic (exact) mass is 323 g/mol. The van der Waals surface area contributed by atoms with Crippen molar-refractivity contribution in [2.24, 2.45) is 15.7 Å². The molecule has 0 radical (unpaired) electrons. The molecule has 3 aliphatic heterocycles. The van der Waals surface area contributed by atoms with E-state index in [1.54, 1.807) is 0 Å². The highest BCUT2D eigenvalue weighted by atomic mass is 79.9. The molecule has 0 atom stereocenters. The number of nitrogens with one attached hydrogen (secondary N) is 2. The van der Waals surface area contributed by atoms with Gasteiger partial charge in [-0.1, -0.05) is 0 Å². The number of amides is 2. The molecule has 98 valence electrons. The Morgan fingerprint density at radius 2 is 1.84 bits per heavy atom. The molecule has 0 aliphatic carbocycles. The molecule has 7 nitrogen and oxygen atoms in total. The summed E-state index contributed by atoms with van der Waals surface area (Å²) in [5, 5.41) is 5.19. The average molecular weight is 324 g/mol. The molecule has 8 heteroatoms. The number of guanidine groups is 1. The number of nitrogens with zero attached hydrogens (tertiary/aromatic N) is 2. The van der Waals surface area contributed by atoms with Crippen LogP contribution in [0.3, 0.4) is 0 Å². The van der Waals surface area contributed by atoms with Crippen LogP contribution in [0.15, 0.2) is 32.5 Å². The van der Waals surface area contributed by atoms with Crippen LogP contribution in [0.1, 0.15) is 12.8 Å². The first-order valence-electron chi connectivity index (χ1n) is 5.69. The lowest BCUT2D eigenvalue weighted by molar-refractivity contribution is -0.117. The minimum Gasteiger partial charge on any atom is -0.369 e. The van der Waals surface area contributed by atoms with Gasteiger partial charge in [-0.2, -0.15) is 0 Å². The molecule has 4 N–H and O–H groups in total. The van der Waals surface area contributed by atoms with Crippen molar-refractivity contribution in [3.63, 3.8) is 0 Å². The zero-order valence-corrected chi connectivity index (χ0v) is 11.4. The largest absolute Gasteiger partial charge is 0.369 e. The highest BCUT2D eigenvalue weighted by Crippen LogP contribution is 2.34. The van der Waals surface area contributed by atoms with Gasteiger partial charge in [0.15, 0.2) is 0 Å². The number of hydrogen-bond donors (Lipinski definition) is 3. The van der Waals surface area contributed by atoms with E-state index in [0.717, 1.165) is 11.1 Å². The van der Waals surface area contributed by atoms with Crippen LogP contribution in [-0.4, -0.2) is 28.9 Å². The van der Waals surface area contributed by atoms with Gasteiger partial charge in [0.05, 0.1) is 4.62 Å². The van der Waals surface area contributed by atoms with Gasteiger partial charge in [-0.25, -0.2) is 9.98 Å². The minimum atomic E-state index is -0.336. The second kappa shape index (κ2) is 4.30. The predicted octanol–water partition coefficient (Wildman–Crippen LogP) is -0.344. The molecule has 19 heavy (non-hydrogen) atoms. The Kier molecular flexibility index (Phi) is 2.74. The van der Waals surface area contributed by atoms with Crippen LogP contribution in [0.2, 0.25) is 0 Å². The van der Waals surface area contributed by atoms with Crippen molar-refractivity contribution in [2.45, 2.75) is 12.8 Å². The molecule has 0 saturated heterocycles. The topological polar surface area (TPSA) is 109 Å². The van der Waals surface area contributed by atoms with E-state index in [9.17, 15) is 9.59 Å². The van der Waals surface area contributed by atoms with Gasteiger partial charge in [0, 0.05) is 13.0 Å². The minimum absolute atomic E-state index is 0.0798. The number of aliphatic imine (C=N–C) groups is 2. The van der Waals surface area contributed by atoms with E-state index in [2.05, 4.69) is 36.5 Å². The molecular weight excluding hydrogens is 314 g/mol. The third-order valence-electron chi connectivity index (χ3n) is 3.06. The fourth-order valence-corrected chi connectivity index (χ4v) is 2.73. The first-order chi connectivity index (χ1) is 9.06. The zero-order valence-electron chi connectivity index (χ0n) is 9.79. The Labute approximate surface area is 116 Å². The smallest absolute Gasteiger partial charge is 0.276 e. The number of carbonyl (C=O) groups is 2. The Morgan fingerprint density at radius 1 is 1.11 bits per heavy atom. The Balaban J connectivity index is 2.15. The van der Waals surface area contributed by atoms with Crippen LogP contribution in [0, 0.1) is 0 Å². The molecule has 3 heterocycles. The molecule has 0 saturated carbocycles. The summed E-state index contributed by atoms with van der Waals surface area (Å²) in [5.74, 6) is -0.483. The number of allylic oxidation sites excluding steroid dienone is 1. The van der Waals surface area contributed by atoms with E-state index in [-0.39, 0.29) is 23.5 Å². The van der Waals surface area contributed by atoms with Crippen molar-refractivity contribution in [2.75, 3.05) is 6.54 Å². The molecule has 0 aromatic carbocycles. The molecule has 3 aliphatic rings. The van der Waals surface area contributed by atoms with Crippen molar-refractivity contribution in [1.29, 1.82) is 0 Å². The molecule has 0 fully saturated rings. The first-order valence-corrected chi connectivity index (χ1v) is 6.49. The van der Waals surface area contributed by atoms with E-state index >= 15 is 0 Å². The van der Waals surface area contributed by atoms with Crippen molar-refractivity contribution in [3.05, 3.63) is 22.5 Å². The maximum Gasteiger partial charge on any atom is 0.276 e. The van der Waals surface area contributed by atoms with Crippen LogP contribution in [0.5, 0.6) is 0 Å². The van der Waals surface area contributed by atoms with Crippen LogP contribution >= 0.6 is 15.9 Å². The van der Waals surface area contributed by atoms with E-state index in [0.29, 0.717) is 29.7 Å². The van der Waals surface area contributed by atoms with Crippen molar-refractivity contribution in [3.8, 4) is 0 Å². The van der Waals surface area contributed by atoms with Crippen molar-refractivity contribution < 1.29 is 9.59 Å². The Hall–Kier alpha value is -1.96. The summed E-state index contributed by atoms with van der Waals surface area (Å²) >= 11 is 3.29. The molecule has 0 unspecified atom stereocenters. The molecule has 0 spiro atoms. The Morgan fingerprint density at radius 3 is 2.53 bits per heavy atom. The number of rotatable bonds is 0. The van der Waals surface area contributed by atoms with Crippen molar-refractivity contribution in [1.82, 2.24) is 10.6 Å². The van der Waals surface area contributed by atoms with Crippen LogP contribution in [0.4, 0.5) is 0 Å². The van der Waals surface area contributed by atoms with E-state index in [4.69, 9.17) is 5.73 Å². The fourth-order valence-electron chi connectivity index (χ4n) is 2.27. The van der Waals surface area contributed by atoms with E-state index in [1.165, 1.54) is 0 Å². The Bertz CT molecular complexity index is 629. The number of hydrogen-bond acceptors (Lipinski definition) is 5. The lowest BCUT2D eigenvalue weighted by atomic mass is 9.98. The van der Waals surface area contributed by atoms with Gasteiger partial charge in [0.25, 0.3) is 11.8 Å². The van der Waals surface area contributed by atoms with Gasteiger partial charge in [-0.15, -0.1) is 0 Å². The van der Waals surface area contributed by atoms with Gasteiger partial charge >= 0.3 is 0 Å². The van der Waals surface area contributed by atoms with Gasteiger partial charge < -0.3 is 11.1 Å². The molecule has 0 bridgehead atoms. The predicted molar refractivity (Wildman–Crippen MR) is 72.4 cm³/mol. The first kappa shape index (κ1) is 12.1. The van der Waals surface area contributed by atoms with E-state index < -0.39 is 0 Å². The third kappa shape index (κ3) is 1.97. The quantitative estimate of drug-likeness (QED) is 0.530. The third-order valence-corrected chi connectivity index (χ3v) is 3.51. The zero-order chi connectivity index (χ0) is 13.6. The lowest BCUT2D eigenvalue weighted by Gasteiger charge is -2.07. The summed E-state index contributed by atoms with van der Waals surface area (Å²) in [4.78, 5) is 31.9. The van der Waals surface area contributed by atoms with Crippen molar-refractivity contribution >= 4 is 38.3 Å². The SMILES string of the molecule is NC1=NC(=C2CCNC(=O)C3=C2CC(Br)=N3)C(=O)N1. The summed E-state index contributed by atoms with van der Waals surface area (Å²) in [5.41, 5.74) is 7.59. The molecular formula is C11H10BrN5O2. The summed E-state index contributed by atoms with van der Waals surface area (Å²) in [7, 11) is 0. The molecule has 3 rings (SSSR count). The summed E-state index contributed by atoms with van der Waals surface area (Å²) in [6, 6.07) is 0. The molecule has 0 aromatic heterocycles. The van der Waals surface area contributed by atoms with Crippen LogP contribution in [0.25, 0.3) is 0 Å². The molecule has 2 amide bonds. The van der Waals surface area contributed by atoms with Gasteiger partial charge in [0.1, 0.15) is 11.4 Å². The number of carbonyl (C=O) groups excluding carboxylic acids is 2. The summed E-state index contributed by atoms with van der Waals surface area (Å²) in [6.45, 7) is 0.445. The van der Waals surface area contributed by atoms with Crippen LogP contribution < -0.4 is 16.4 Å². The number of nitrogens with two attached hydrogens (primary N) is 1. The maximum absolute atomic E-state index is 11.9. The summed E-state index contributed by atoms with van der Waals surface area (Å²) in [6.07, 6.45) is 1.02. The van der Waals surface area contributed by atoms with Crippen LogP contribution in [-0.2, 0) is 9.59 Å². The average Bonchev–Trinajstić information content (AvgIpc) is 2.84. The second-order valence-electron chi connectivity index (χ2n) is 4.28. The summed E-state index contributed by atoms with van der Waals surface area (Å²) < 4.78 is 0.669. The highest BCUT2D eigenvalue weighted by Gasteiger charge is 2.32. The van der Waals surface area contributed by atoms with Gasteiger partial charge in [-0.05, 0) is 33.5 Å². The fraction of sp³-hybridized carbons (Fsp3) is 0.273.